The largest absolute Gasteiger partial charge is 0.478 e. The molecule has 0 amide bonds. The van der Waals surface area contributed by atoms with Crippen LogP contribution in [0.2, 0.25) is 0 Å². The van der Waals surface area contributed by atoms with Crippen LogP contribution in [0.3, 0.4) is 0 Å². The highest BCUT2D eigenvalue weighted by atomic mass is 16.4. The van der Waals surface area contributed by atoms with E-state index in [0.717, 1.165) is 25.7 Å². The highest BCUT2D eigenvalue weighted by molar-refractivity contribution is 5.87. The number of hydrogen-bond donors (Lipinski definition) is 1. The Hall–Kier alpha value is -1.57. The van der Waals surface area contributed by atoms with Crippen molar-refractivity contribution in [1.82, 2.24) is 0 Å². The van der Waals surface area contributed by atoms with Crippen LogP contribution in [0.25, 0.3) is 0 Å². The van der Waals surface area contributed by atoms with Gasteiger partial charge in [0.1, 0.15) is 0 Å². The van der Waals surface area contributed by atoms with E-state index >= 15 is 0 Å². The number of hydrogen-bond acceptors (Lipinski definition) is 1. The molecule has 1 unspecified atom stereocenters. The van der Waals surface area contributed by atoms with E-state index in [2.05, 4.69) is 19.1 Å². The Kier molecular flexibility index (Phi) is 3.32. The van der Waals surface area contributed by atoms with Gasteiger partial charge < -0.3 is 5.11 Å². The summed E-state index contributed by atoms with van der Waals surface area (Å²) in [4.78, 5) is 10.8. The van der Waals surface area contributed by atoms with Crippen LogP contribution in [0.5, 0.6) is 0 Å². The molecule has 1 aromatic carbocycles. The molecule has 1 aliphatic carbocycles. The van der Waals surface area contributed by atoms with Crippen LogP contribution in [0, 0.1) is 0 Å². The van der Waals surface area contributed by atoms with Crippen molar-refractivity contribution in [2.24, 2.45) is 0 Å². The highest BCUT2D eigenvalue weighted by Crippen LogP contribution is 2.39. The van der Waals surface area contributed by atoms with Crippen LogP contribution in [-0.4, -0.2) is 11.1 Å². The average Bonchev–Trinajstić information content (AvgIpc) is 2.39. The van der Waals surface area contributed by atoms with Crippen LogP contribution in [0.4, 0.5) is 0 Å². The number of benzene rings is 1. The smallest absolute Gasteiger partial charge is 0.335 e. The molecular formula is C15H18O2. The van der Waals surface area contributed by atoms with Crippen molar-refractivity contribution in [3.63, 3.8) is 0 Å². The molecule has 0 saturated carbocycles. The Balaban J connectivity index is 2.31. The summed E-state index contributed by atoms with van der Waals surface area (Å²) in [6, 6.07) is 7.39. The second-order valence-corrected chi connectivity index (χ2v) is 4.73. The minimum Gasteiger partial charge on any atom is -0.478 e. The standard InChI is InChI=1S/C15H18O2/c1-2-15(10-4-3-5-11-15)13-8-6-12(7-9-13)14(16)17/h3-4,6-9H,2,5,10-11H2,1H3,(H,16,17). The van der Waals surface area contributed by atoms with Gasteiger partial charge in [0.25, 0.3) is 0 Å². The van der Waals surface area contributed by atoms with Crippen LogP contribution in [0.1, 0.15) is 48.5 Å². The maximum atomic E-state index is 10.8. The third-order valence-electron chi connectivity index (χ3n) is 3.89. The maximum absolute atomic E-state index is 10.8. The first kappa shape index (κ1) is 11.9. The predicted molar refractivity (Wildman–Crippen MR) is 68.4 cm³/mol. The second kappa shape index (κ2) is 4.74. The summed E-state index contributed by atoms with van der Waals surface area (Å²) in [5.41, 5.74) is 1.85. The minimum absolute atomic E-state index is 0.214. The molecule has 0 spiro atoms. The van der Waals surface area contributed by atoms with E-state index < -0.39 is 5.97 Å². The Morgan fingerprint density at radius 1 is 1.29 bits per heavy atom. The highest BCUT2D eigenvalue weighted by Gasteiger charge is 2.30. The van der Waals surface area contributed by atoms with Crippen molar-refractivity contribution >= 4 is 5.97 Å². The van der Waals surface area contributed by atoms with Crippen LogP contribution < -0.4 is 0 Å². The van der Waals surface area contributed by atoms with Crippen molar-refractivity contribution in [2.45, 2.75) is 38.0 Å². The molecular weight excluding hydrogens is 212 g/mol. The zero-order valence-electron chi connectivity index (χ0n) is 10.1. The fourth-order valence-electron chi connectivity index (χ4n) is 2.64. The molecule has 0 bridgehead atoms. The molecule has 2 heteroatoms. The van der Waals surface area contributed by atoms with Crippen molar-refractivity contribution in [2.75, 3.05) is 0 Å². The lowest BCUT2D eigenvalue weighted by molar-refractivity contribution is 0.0697. The first-order valence-corrected chi connectivity index (χ1v) is 6.17. The Labute approximate surface area is 102 Å². The maximum Gasteiger partial charge on any atom is 0.335 e. The molecule has 0 aliphatic heterocycles. The SMILES string of the molecule is CCC1(c2ccc(C(=O)O)cc2)CC=CCC1. The van der Waals surface area contributed by atoms with Gasteiger partial charge in [0.2, 0.25) is 0 Å². The van der Waals surface area contributed by atoms with Gasteiger partial charge in [-0.3, -0.25) is 0 Å². The Morgan fingerprint density at radius 3 is 2.47 bits per heavy atom. The Bertz CT molecular complexity index is 431. The van der Waals surface area contributed by atoms with Gasteiger partial charge >= 0.3 is 5.97 Å². The van der Waals surface area contributed by atoms with E-state index in [0.29, 0.717) is 5.56 Å². The lowest BCUT2D eigenvalue weighted by atomic mass is 9.70. The lowest BCUT2D eigenvalue weighted by Crippen LogP contribution is -2.26. The molecule has 2 rings (SSSR count). The van der Waals surface area contributed by atoms with Crippen molar-refractivity contribution < 1.29 is 9.90 Å². The fraction of sp³-hybridized carbons (Fsp3) is 0.400. The van der Waals surface area contributed by atoms with E-state index in [1.165, 1.54) is 5.56 Å². The number of carboxylic acids is 1. The third kappa shape index (κ3) is 2.26. The van der Waals surface area contributed by atoms with Gasteiger partial charge in [0.15, 0.2) is 0 Å². The summed E-state index contributed by atoms with van der Waals surface area (Å²) in [6.07, 6.45) is 8.93. The summed E-state index contributed by atoms with van der Waals surface area (Å²) in [6.45, 7) is 2.21. The Morgan fingerprint density at radius 2 is 2.00 bits per heavy atom. The molecule has 1 aliphatic rings. The lowest BCUT2D eigenvalue weighted by Gasteiger charge is -2.34. The van der Waals surface area contributed by atoms with Crippen molar-refractivity contribution in [3.8, 4) is 0 Å². The summed E-state index contributed by atoms with van der Waals surface area (Å²) in [5.74, 6) is -0.856. The van der Waals surface area contributed by atoms with Crippen LogP contribution in [-0.2, 0) is 5.41 Å². The second-order valence-electron chi connectivity index (χ2n) is 4.73. The minimum atomic E-state index is -0.856. The zero-order chi connectivity index (χ0) is 12.3. The first-order chi connectivity index (χ1) is 8.18. The van der Waals surface area contributed by atoms with Gasteiger partial charge in [-0.2, -0.15) is 0 Å². The van der Waals surface area contributed by atoms with E-state index in [4.69, 9.17) is 5.11 Å². The fourth-order valence-corrected chi connectivity index (χ4v) is 2.64. The number of rotatable bonds is 3. The summed E-state index contributed by atoms with van der Waals surface area (Å²) < 4.78 is 0. The van der Waals surface area contributed by atoms with Crippen LogP contribution in [0.15, 0.2) is 36.4 Å². The number of carbonyl (C=O) groups is 1. The molecule has 2 nitrogen and oxygen atoms in total. The van der Waals surface area contributed by atoms with Crippen LogP contribution >= 0.6 is 0 Å². The number of carboxylic acid groups (broad SMARTS) is 1. The van der Waals surface area contributed by atoms with Gasteiger partial charge in [0.05, 0.1) is 5.56 Å². The molecule has 0 saturated heterocycles. The quantitative estimate of drug-likeness (QED) is 0.802. The topological polar surface area (TPSA) is 37.3 Å². The molecule has 1 N–H and O–H groups in total. The third-order valence-corrected chi connectivity index (χ3v) is 3.89. The summed E-state index contributed by atoms with van der Waals surface area (Å²) in [7, 11) is 0. The molecule has 1 atom stereocenters. The van der Waals surface area contributed by atoms with Gasteiger partial charge in [0, 0.05) is 0 Å². The predicted octanol–water partition coefficient (Wildman–Crippen LogP) is 3.77. The molecule has 0 radical (unpaired) electrons. The summed E-state index contributed by atoms with van der Waals surface area (Å²) >= 11 is 0. The number of allylic oxidation sites excluding steroid dienone is 2. The van der Waals surface area contributed by atoms with Gasteiger partial charge in [-0.15, -0.1) is 0 Å². The van der Waals surface area contributed by atoms with Gasteiger partial charge in [-0.1, -0.05) is 31.2 Å². The summed E-state index contributed by atoms with van der Waals surface area (Å²) in [5, 5.41) is 8.90. The monoisotopic (exact) mass is 230 g/mol. The average molecular weight is 230 g/mol. The van der Waals surface area contributed by atoms with Gasteiger partial charge in [-0.05, 0) is 48.8 Å². The van der Waals surface area contributed by atoms with Crippen molar-refractivity contribution in [1.29, 1.82) is 0 Å². The molecule has 0 heterocycles. The van der Waals surface area contributed by atoms with E-state index in [9.17, 15) is 4.79 Å². The first-order valence-electron chi connectivity index (χ1n) is 6.17. The van der Waals surface area contributed by atoms with E-state index in [-0.39, 0.29) is 5.41 Å². The molecule has 17 heavy (non-hydrogen) atoms. The molecule has 0 fully saturated rings. The molecule has 1 aromatic rings. The van der Waals surface area contributed by atoms with E-state index in [1.54, 1.807) is 12.1 Å². The number of aromatic carboxylic acids is 1. The normalized spacial score (nSPS) is 23.6. The molecule has 0 aromatic heterocycles. The van der Waals surface area contributed by atoms with Crippen molar-refractivity contribution in [3.05, 3.63) is 47.5 Å². The molecule has 90 valence electrons. The van der Waals surface area contributed by atoms with E-state index in [1.807, 2.05) is 12.1 Å². The van der Waals surface area contributed by atoms with Gasteiger partial charge in [-0.25, -0.2) is 4.79 Å². The zero-order valence-corrected chi connectivity index (χ0v) is 10.1.